The van der Waals surface area contributed by atoms with Gasteiger partial charge < -0.3 is 9.72 Å². The van der Waals surface area contributed by atoms with E-state index in [4.69, 9.17) is 16.3 Å². The zero-order valence-corrected chi connectivity index (χ0v) is 14.4. The van der Waals surface area contributed by atoms with Gasteiger partial charge in [-0.2, -0.15) is 0 Å². The number of nitro groups is 1. The van der Waals surface area contributed by atoms with Crippen LogP contribution in [0.25, 0.3) is 10.9 Å². The summed E-state index contributed by atoms with van der Waals surface area (Å²) in [4.78, 5) is 38.1. The number of aromatic nitrogens is 1. The molecule has 0 aliphatic rings. The van der Waals surface area contributed by atoms with Gasteiger partial charge in [0.15, 0.2) is 6.61 Å². The number of rotatable bonds is 5. The number of hydrogen-bond donors (Lipinski definition) is 1. The molecule has 0 amide bonds. The lowest BCUT2D eigenvalue weighted by molar-refractivity contribution is -0.385. The number of H-pyrrole nitrogens is 1. The van der Waals surface area contributed by atoms with Gasteiger partial charge in [-0.25, -0.2) is 4.79 Å². The summed E-state index contributed by atoms with van der Waals surface area (Å²) in [6.07, 6.45) is 0. The molecule has 1 heterocycles. The van der Waals surface area contributed by atoms with Gasteiger partial charge in [-0.1, -0.05) is 29.8 Å². The zero-order valence-electron chi connectivity index (χ0n) is 13.6. The van der Waals surface area contributed by atoms with Crippen LogP contribution in [-0.2, 0) is 4.74 Å². The Morgan fingerprint density at radius 1 is 1.23 bits per heavy atom. The highest BCUT2D eigenvalue weighted by Crippen LogP contribution is 2.25. The second-order valence-electron chi connectivity index (χ2n) is 5.59. The molecular formula is C18H13ClN2O5. The number of benzene rings is 2. The minimum Gasteiger partial charge on any atom is -0.454 e. The number of ether oxygens (including phenoxy) is 1. The molecule has 3 rings (SSSR count). The van der Waals surface area contributed by atoms with E-state index < -0.39 is 29.0 Å². The Hall–Kier alpha value is -3.19. The largest absolute Gasteiger partial charge is 0.454 e. The monoisotopic (exact) mass is 372 g/mol. The molecule has 1 aromatic heterocycles. The molecule has 0 fully saturated rings. The molecule has 8 heteroatoms. The Bertz CT molecular complexity index is 1040. The number of fused-ring (bicyclic) bond motifs is 1. The van der Waals surface area contributed by atoms with Gasteiger partial charge in [0.1, 0.15) is 5.56 Å². The summed E-state index contributed by atoms with van der Waals surface area (Å²) in [7, 11) is 0. The normalized spacial score (nSPS) is 10.7. The summed E-state index contributed by atoms with van der Waals surface area (Å²) in [5.41, 5.74) is 1.15. The van der Waals surface area contributed by atoms with Crippen LogP contribution in [0.15, 0.2) is 42.5 Å². The first-order valence-electron chi connectivity index (χ1n) is 7.60. The van der Waals surface area contributed by atoms with Gasteiger partial charge in [0, 0.05) is 33.2 Å². The second-order valence-corrected chi connectivity index (χ2v) is 6.02. The zero-order chi connectivity index (χ0) is 18.8. The fourth-order valence-electron chi connectivity index (χ4n) is 2.75. The molecule has 0 saturated heterocycles. The van der Waals surface area contributed by atoms with Crippen LogP contribution in [0.1, 0.15) is 26.4 Å². The summed E-state index contributed by atoms with van der Waals surface area (Å²) >= 11 is 5.72. The Balaban J connectivity index is 1.81. The second kappa shape index (κ2) is 6.97. The third kappa shape index (κ3) is 3.29. The number of nitrogens with one attached hydrogen (secondary N) is 1. The number of esters is 1. The predicted molar refractivity (Wildman–Crippen MR) is 95.8 cm³/mol. The summed E-state index contributed by atoms with van der Waals surface area (Å²) < 4.78 is 5.00. The topological polar surface area (TPSA) is 102 Å². The van der Waals surface area contributed by atoms with Crippen LogP contribution in [0, 0.1) is 17.0 Å². The minimum atomic E-state index is -0.959. The molecular weight excluding hydrogens is 360 g/mol. The van der Waals surface area contributed by atoms with Crippen LogP contribution in [0.3, 0.4) is 0 Å². The smallest absolute Gasteiger partial charge is 0.345 e. The van der Waals surface area contributed by atoms with Crippen molar-refractivity contribution in [1.82, 2.24) is 4.98 Å². The highest BCUT2D eigenvalue weighted by molar-refractivity contribution is 6.31. The van der Waals surface area contributed by atoms with Crippen molar-refractivity contribution in [3.63, 3.8) is 0 Å². The average molecular weight is 373 g/mol. The first-order chi connectivity index (χ1) is 12.4. The van der Waals surface area contributed by atoms with E-state index in [1.165, 1.54) is 12.1 Å². The first-order valence-corrected chi connectivity index (χ1v) is 7.98. The number of aryl methyl sites for hydroxylation is 1. The summed E-state index contributed by atoms with van der Waals surface area (Å²) in [6, 6.07) is 10.9. The third-order valence-electron chi connectivity index (χ3n) is 3.88. The molecule has 26 heavy (non-hydrogen) atoms. The van der Waals surface area contributed by atoms with Gasteiger partial charge in [0.25, 0.3) is 5.69 Å². The number of carbonyl (C=O) groups is 2. The van der Waals surface area contributed by atoms with E-state index in [-0.39, 0.29) is 10.6 Å². The lowest BCUT2D eigenvalue weighted by atomic mass is 10.1. The van der Waals surface area contributed by atoms with E-state index in [0.717, 1.165) is 17.0 Å². The van der Waals surface area contributed by atoms with Crippen molar-refractivity contribution < 1.29 is 19.2 Å². The average Bonchev–Trinajstić information content (AvgIpc) is 2.95. The number of Topliss-reactive ketones (excluding diaryl/α,β-unsaturated/α-hetero) is 1. The molecule has 0 unspecified atom stereocenters. The van der Waals surface area contributed by atoms with Gasteiger partial charge in [-0.3, -0.25) is 14.9 Å². The number of halogens is 1. The molecule has 0 saturated carbocycles. The molecule has 0 bridgehead atoms. The van der Waals surface area contributed by atoms with Gasteiger partial charge in [-0.15, -0.1) is 0 Å². The number of hydrogen-bond acceptors (Lipinski definition) is 5. The maximum Gasteiger partial charge on any atom is 0.345 e. The van der Waals surface area contributed by atoms with Crippen LogP contribution in [0.2, 0.25) is 5.02 Å². The molecule has 132 valence electrons. The van der Waals surface area contributed by atoms with Crippen LogP contribution in [0.4, 0.5) is 5.69 Å². The maximum absolute atomic E-state index is 12.5. The Kier molecular flexibility index (Phi) is 4.73. The van der Waals surface area contributed by atoms with E-state index >= 15 is 0 Å². The van der Waals surface area contributed by atoms with Gasteiger partial charge in [0.05, 0.1) is 4.92 Å². The van der Waals surface area contributed by atoms with E-state index in [0.29, 0.717) is 11.3 Å². The van der Waals surface area contributed by atoms with Crippen LogP contribution in [0.5, 0.6) is 0 Å². The van der Waals surface area contributed by atoms with Crippen molar-refractivity contribution >= 4 is 39.9 Å². The van der Waals surface area contributed by atoms with Crippen molar-refractivity contribution in [2.24, 2.45) is 0 Å². The quantitative estimate of drug-likeness (QED) is 0.314. The molecule has 2 aromatic carbocycles. The van der Waals surface area contributed by atoms with Crippen LogP contribution in [-0.4, -0.2) is 28.3 Å². The standard InChI is InChI=1S/C18H13ClN2O5/c1-10-17(12-4-2-3-5-14(12)20-10)16(22)9-26-18(23)13-7-6-11(19)8-15(13)21(24)25/h2-8,20H,9H2,1H3. The van der Waals surface area contributed by atoms with E-state index in [1.54, 1.807) is 19.1 Å². The van der Waals surface area contributed by atoms with E-state index in [2.05, 4.69) is 4.98 Å². The fourth-order valence-corrected chi connectivity index (χ4v) is 2.91. The third-order valence-corrected chi connectivity index (χ3v) is 4.12. The minimum absolute atomic E-state index is 0.124. The lowest BCUT2D eigenvalue weighted by Crippen LogP contribution is -2.15. The number of para-hydroxylation sites is 1. The van der Waals surface area contributed by atoms with Crippen molar-refractivity contribution in [3.05, 3.63) is 74.4 Å². The van der Waals surface area contributed by atoms with Gasteiger partial charge in [-0.05, 0) is 25.1 Å². The number of nitro benzene ring substituents is 1. The Morgan fingerprint density at radius 3 is 2.69 bits per heavy atom. The van der Waals surface area contributed by atoms with Gasteiger partial charge in [0.2, 0.25) is 5.78 Å². The molecule has 0 atom stereocenters. The highest BCUT2D eigenvalue weighted by atomic mass is 35.5. The van der Waals surface area contributed by atoms with Crippen LogP contribution < -0.4 is 0 Å². The molecule has 3 aromatic rings. The Labute approximate surface area is 152 Å². The van der Waals surface area contributed by atoms with E-state index in [1.807, 2.05) is 12.1 Å². The fraction of sp³-hybridized carbons (Fsp3) is 0.111. The number of nitrogens with zero attached hydrogens (tertiary/aromatic N) is 1. The van der Waals surface area contributed by atoms with Crippen LogP contribution >= 0.6 is 11.6 Å². The Morgan fingerprint density at radius 2 is 1.96 bits per heavy atom. The first kappa shape index (κ1) is 17.6. The number of aromatic amines is 1. The molecule has 0 spiro atoms. The SMILES string of the molecule is Cc1[nH]c2ccccc2c1C(=O)COC(=O)c1ccc(Cl)cc1[N+](=O)[O-]. The molecule has 0 radical (unpaired) electrons. The number of carbonyl (C=O) groups excluding carboxylic acids is 2. The number of ketones is 1. The maximum atomic E-state index is 12.5. The summed E-state index contributed by atoms with van der Waals surface area (Å²) in [5.74, 6) is -1.36. The molecule has 1 N–H and O–H groups in total. The lowest BCUT2D eigenvalue weighted by Gasteiger charge is -2.06. The molecule has 7 nitrogen and oxygen atoms in total. The van der Waals surface area contributed by atoms with Crippen molar-refractivity contribution in [3.8, 4) is 0 Å². The van der Waals surface area contributed by atoms with E-state index in [9.17, 15) is 19.7 Å². The molecule has 0 aliphatic heterocycles. The van der Waals surface area contributed by atoms with Gasteiger partial charge >= 0.3 is 5.97 Å². The van der Waals surface area contributed by atoms with Crippen molar-refractivity contribution in [2.45, 2.75) is 6.92 Å². The summed E-state index contributed by atoms with van der Waals surface area (Å²) in [6.45, 7) is 1.22. The van der Waals surface area contributed by atoms with Crippen molar-refractivity contribution in [1.29, 1.82) is 0 Å². The molecule has 0 aliphatic carbocycles. The van der Waals surface area contributed by atoms with Crippen molar-refractivity contribution in [2.75, 3.05) is 6.61 Å². The highest BCUT2D eigenvalue weighted by Gasteiger charge is 2.24. The summed E-state index contributed by atoms with van der Waals surface area (Å²) in [5, 5.41) is 11.9. The predicted octanol–water partition coefficient (Wildman–Crippen LogP) is 4.08.